The van der Waals surface area contributed by atoms with Crippen molar-refractivity contribution in [3.8, 4) is 11.4 Å². The molecule has 0 unspecified atom stereocenters. The van der Waals surface area contributed by atoms with Crippen LogP contribution in [0.3, 0.4) is 0 Å². The highest BCUT2D eigenvalue weighted by Gasteiger charge is 2.19. The molecule has 1 aromatic heterocycles. The van der Waals surface area contributed by atoms with Crippen LogP contribution in [0.5, 0.6) is 5.75 Å². The van der Waals surface area contributed by atoms with Crippen LogP contribution in [0.4, 0.5) is 0 Å². The summed E-state index contributed by atoms with van der Waals surface area (Å²) in [6.07, 6.45) is 6.02. The predicted molar refractivity (Wildman–Crippen MR) is 84.2 cm³/mol. The molecule has 0 radical (unpaired) electrons. The summed E-state index contributed by atoms with van der Waals surface area (Å²) in [7, 11) is 0. The summed E-state index contributed by atoms with van der Waals surface area (Å²) in [5.74, 6) is 1.36. The van der Waals surface area contributed by atoms with Gasteiger partial charge in [-0.15, -0.1) is 5.10 Å². The van der Waals surface area contributed by atoms with Crippen LogP contribution in [0.25, 0.3) is 5.69 Å². The van der Waals surface area contributed by atoms with E-state index in [-0.39, 0.29) is 12.5 Å². The average molecular weight is 315 g/mol. The Kier molecular flexibility index (Phi) is 4.85. The van der Waals surface area contributed by atoms with Crippen LogP contribution in [-0.2, 0) is 4.79 Å². The first-order valence-electron chi connectivity index (χ1n) is 7.96. The summed E-state index contributed by atoms with van der Waals surface area (Å²) >= 11 is 0. The second kappa shape index (κ2) is 7.21. The minimum atomic E-state index is -0.0610. The van der Waals surface area contributed by atoms with Crippen LogP contribution in [0, 0.1) is 5.92 Å². The maximum atomic E-state index is 12.0. The highest BCUT2D eigenvalue weighted by Crippen LogP contribution is 2.23. The van der Waals surface area contributed by atoms with Crippen LogP contribution in [-0.4, -0.2) is 38.8 Å². The molecule has 1 N–H and O–H groups in total. The molecule has 23 heavy (non-hydrogen) atoms. The third-order valence-corrected chi connectivity index (χ3v) is 4.20. The summed E-state index contributed by atoms with van der Waals surface area (Å²) in [4.78, 5) is 12.0. The molecule has 1 heterocycles. The lowest BCUT2D eigenvalue weighted by atomic mass is 9.87. The van der Waals surface area contributed by atoms with Crippen molar-refractivity contribution in [1.82, 2.24) is 25.5 Å². The van der Waals surface area contributed by atoms with Gasteiger partial charge in [0.15, 0.2) is 6.61 Å². The van der Waals surface area contributed by atoms with E-state index in [9.17, 15) is 4.79 Å². The van der Waals surface area contributed by atoms with Crippen LogP contribution < -0.4 is 10.1 Å². The van der Waals surface area contributed by atoms with Crippen LogP contribution in [0.15, 0.2) is 30.6 Å². The lowest BCUT2D eigenvalue weighted by Gasteiger charge is -2.26. The minimum absolute atomic E-state index is 0.0380. The Balaban J connectivity index is 1.45. The van der Waals surface area contributed by atoms with E-state index >= 15 is 0 Å². The van der Waals surface area contributed by atoms with Crippen LogP contribution in [0.2, 0.25) is 0 Å². The van der Waals surface area contributed by atoms with Crippen molar-refractivity contribution in [2.24, 2.45) is 5.92 Å². The van der Waals surface area contributed by atoms with Gasteiger partial charge in [-0.2, -0.15) is 0 Å². The molecule has 1 amide bonds. The van der Waals surface area contributed by atoms with E-state index in [0.29, 0.717) is 11.8 Å². The number of aromatic nitrogens is 4. The van der Waals surface area contributed by atoms with Crippen molar-refractivity contribution in [1.29, 1.82) is 0 Å². The van der Waals surface area contributed by atoms with Gasteiger partial charge in [0.1, 0.15) is 12.1 Å². The van der Waals surface area contributed by atoms with Crippen LogP contribution in [0.1, 0.15) is 32.6 Å². The van der Waals surface area contributed by atoms with Crippen LogP contribution >= 0.6 is 0 Å². The summed E-state index contributed by atoms with van der Waals surface area (Å²) in [5, 5.41) is 14.0. The summed E-state index contributed by atoms with van der Waals surface area (Å²) in [6.45, 7) is 2.30. The summed E-state index contributed by atoms with van der Waals surface area (Å²) < 4.78 is 7.09. The molecule has 2 aromatic rings. The number of tetrazole rings is 1. The molecule has 1 fully saturated rings. The highest BCUT2D eigenvalue weighted by molar-refractivity contribution is 5.77. The van der Waals surface area contributed by atoms with E-state index in [0.717, 1.165) is 24.4 Å². The molecule has 122 valence electrons. The Bertz CT molecular complexity index is 618. The Hall–Kier alpha value is -2.44. The second-order valence-electron chi connectivity index (χ2n) is 6.06. The molecule has 0 atom stereocenters. The first-order valence-corrected chi connectivity index (χ1v) is 7.96. The van der Waals surface area contributed by atoms with E-state index in [1.807, 2.05) is 12.1 Å². The van der Waals surface area contributed by atoms with Gasteiger partial charge in [0, 0.05) is 6.04 Å². The van der Waals surface area contributed by atoms with Gasteiger partial charge in [0.25, 0.3) is 5.91 Å². The van der Waals surface area contributed by atoms with Gasteiger partial charge >= 0.3 is 0 Å². The van der Waals surface area contributed by atoms with Crippen molar-refractivity contribution >= 4 is 5.91 Å². The molecule has 0 aliphatic heterocycles. The Morgan fingerprint density at radius 1 is 1.26 bits per heavy atom. The maximum absolute atomic E-state index is 12.0. The third kappa shape index (κ3) is 4.28. The summed E-state index contributed by atoms with van der Waals surface area (Å²) in [5.41, 5.74) is 0.836. The molecule has 0 bridgehead atoms. The van der Waals surface area contributed by atoms with E-state index in [2.05, 4.69) is 27.8 Å². The van der Waals surface area contributed by atoms with Gasteiger partial charge < -0.3 is 10.1 Å². The average Bonchev–Trinajstić information content (AvgIpc) is 3.10. The van der Waals surface area contributed by atoms with Crippen molar-refractivity contribution in [2.75, 3.05) is 6.61 Å². The number of carbonyl (C=O) groups is 1. The van der Waals surface area contributed by atoms with Gasteiger partial charge in [0.05, 0.1) is 5.69 Å². The number of benzene rings is 1. The molecule has 1 aliphatic rings. The second-order valence-corrected chi connectivity index (χ2v) is 6.06. The Morgan fingerprint density at radius 3 is 2.65 bits per heavy atom. The number of ether oxygens (including phenoxy) is 1. The van der Waals surface area contributed by atoms with E-state index in [1.165, 1.54) is 19.2 Å². The Labute approximate surface area is 135 Å². The van der Waals surface area contributed by atoms with Gasteiger partial charge in [0.2, 0.25) is 0 Å². The molecule has 0 saturated heterocycles. The first-order chi connectivity index (χ1) is 11.2. The molecule has 1 saturated carbocycles. The van der Waals surface area contributed by atoms with E-state index in [4.69, 9.17) is 4.74 Å². The number of rotatable bonds is 5. The zero-order valence-corrected chi connectivity index (χ0v) is 13.2. The smallest absolute Gasteiger partial charge is 0.258 e. The number of amides is 1. The SMILES string of the molecule is CC1CCC(NC(=O)COc2ccc(-n3cnnn3)cc2)CC1. The van der Waals surface area contributed by atoms with E-state index < -0.39 is 0 Å². The topological polar surface area (TPSA) is 81.9 Å². The maximum Gasteiger partial charge on any atom is 0.258 e. The largest absolute Gasteiger partial charge is 0.484 e. The molecule has 1 aromatic carbocycles. The molecule has 7 nitrogen and oxygen atoms in total. The standard InChI is InChI=1S/C16H21N5O2/c1-12-2-4-13(5-3-12)18-16(22)10-23-15-8-6-14(7-9-15)21-11-17-19-20-21/h6-9,11-13H,2-5,10H2,1H3,(H,18,22). The number of carbonyl (C=O) groups excluding carboxylic acids is 1. The Morgan fingerprint density at radius 2 is 2.00 bits per heavy atom. The monoisotopic (exact) mass is 315 g/mol. The normalized spacial score (nSPS) is 20.9. The zero-order valence-electron chi connectivity index (χ0n) is 13.2. The number of nitrogens with zero attached hydrogens (tertiary/aromatic N) is 4. The van der Waals surface area contributed by atoms with Gasteiger partial charge in [-0.3, -0.25) is 4.79 Å². The molecule has 3 rings (SSSR count). The number of nitrogens with one attached hydrogen (secondary N) is 1. The van der Waals surface area contributed by atoms with E-state index in [1.54, 1.807) is 16.8 Å². The van der Waals surface area contributed by atoms with Crippen molar-refractivity contribution < 1.29 is 9.53 Å². The lowest BCUT2D eigenvalue weighted by Crippen LogP contribution is -2.39. The van der Waals surface area contributed by atoms with Gasteiger partial charge in [-0.05, 0) is 66.3 Å². The predicted octanol–water partition coefficient (Wildman–Crippen LogP) is 1.74. The molecule has 1 aliphatic carbocycles. The minimum Gasteiger partial charge on any atom is -0.484 e. The number of hydrogen-bond acceptors (Lipinski definition) is 5. The van der Waals surface area contributed by atoms with Crippen molar-refractivity contribution in [3.05, 3.63) is 30.6 Å². The fourth-order valence-corrected chi connectivity index (χ4v) is 2.80. The lowest BCUT2D eigenvalue weighted by molar-refractivity contribution is -0.124. The van der Waals surface area contributed by atoms with Crippen molar-refractivity contribution in [2.45, 2.75) is 38.6 Å². The van der Waals surface area contributed by atoms with Crippen molar-refractivity contribution in [3.63, 3.8) is 0 Å². The zero-order chi connectivity index (χ0) is 16.1. The quantitative estimate of drug-likeness (QED) is 0.909. The number of hydrogen-bond donors (Lipinski definition) is 1. The first kappa shape index (κ1) is 15.5. The molecule has 7 heteroatoms. The molecule has 0 spiro atoms. The molecular formula is C16H21N5O2. The fourth-order valence-electron chi connectivity index (χ4n) is 2.80. The van der Waals surface area contributed by atoms with Gasteiger partial charge in [-0.1, -0.05) is 6.92 Å². The molecular weight excluding hydrogens is 294 g/mol. The summed E-state index contributed by atoms with van der Waals surface area (Å²) in [6, 6.07) is 7.57. The van der Waals surface area contributed by atoms with Gasteiger partial charge in [-0.25, -0.2) is 4.68 Å². The third-order valence-electron chi connectivity index (χ3n) is 4.20. The highest BCUT2D eigenvalue weighted by atomic mass is 16.5. The fraction of sp³-hybridized carbons (Fsp3) is 0.500.